The molecule has 3 N–H and O–H groups in total. The van der Waals surface area contributed by atoms with E-state index in [4.69, 9.17) is 0 Å². The number of aromatic nitrogens is 4. The van der Waals surface area contributed by atoms with Gasteiger partial charge in [0.05, 0.1) is 11.9 Å². The third kappa shape index (κ3) is 5.12. The van der Waals surface area contributed by atoms with Crippen LogP contribution < -0.4 is 10.6 Å². The van der Waals surface area contributed by atoms with Crippen molar-refractivity contribution >= 4 is 23.2 Å². The summed E-state index contributed by atoms with van der Waals surface area (Å²) in [6, 6.07) is 25.2. The Morgan fingerprint density at radius 3 is 1.91 bits per heavy atom. The maximum absolute atomic E-state index is 12.4. The second-order valence-electron chi connectivity index (χ2n) is 7.64. The molecule has 0 saturated heterocycles. The molecule has 0 bridgehead atoms. The van der Waals surface area contributed by atoms with Crippen molar-refractivity contribution in [1.29, 1.82) is 0 Å². The van der Waals surface area contributed by atoms with Gasteiger partial charge in [0.15, 0.2) is 0 Å². The zero-order valence-corrected chi connectivity index (χ0v) is 18.5. The van der Waals surface area contributed by atoms with Gasteiger partial charge in [-0.25, -0.2) is 4.98 Å². The molecule has 0 unspecified atom stereocenters. The summed E-state index contributed by atoms with van der Waals surface area (Å²) in [5, 5.41) is 5.69. The molecule has 0 atom stereocenters. The summed E-state index contributed by atoms with van der Waals surface area (Å²) in [5.74, 6) is 0.122. The molecular weight excluding hydrogens is 440 g/mol. The third-order valence-corrected chi connectivity index (χ3v) is 5.22. The number of H-pyrrole nitrogens is 1. The molecule has 35 heavy (non-hydrogen) atoms. The third-order valence-electron chi connectivity index (χ3n) is 5.22. The minimum Gasteiger partial charge on any atom is -0.338 e. The Morgan fingerprint density at radius 2 is 1.29 bits per heavy atom. The maximum atomic E-state index is 12.4. The molecule has 0 radical (unpaired) electrons. The molecule has 5 aromatic rings. The number of imidazole rings is 1. The number of benzene rings is 2. The number of hydrogen-bond acceptors (Lipinski definition) is 5. The summed E-state index contributed by atoms with van der Waals surface area (Å²) in [6.45, 7) is 0. The molecule has 0 saturated carbocycles. The minimum absolute atomic E-state index is 0.266. The lowest BCUT2D eigenvalue weighted by molar-refractivity contribution is 0.101. The highest BCUT2D eigenvalue weighted by Crippen LogP contribution is 2.25. The van der Waals surface area contributed by atoms with Crippen molar-refractivity contribution in [2.45, 2.75) is 0 Å². The van der Waals surface area contributed by atoms with E-state index in [1.807, 2.05) is 48.5 Å². The van der Waals surface area contributed by atoms with E-state index in [-0.39, 0.29) is 11.8 Å². The highest BCUT2D eigenvalue weighted by molar-refractivity contribution is 6.03. The molecule has 170 valence electrons. The van der Waals surface area contributed by atoms with Crippen molar-refractivity contribution < 1.29 is 9.59 Å². The van der Waals surface area contributed by atoms with Gasteiger partial charge in [-0.1, -0.05) is 36.4 Å². The van der Waals surface area contributed by atoms with Gasteiger partial charge in [0.2, 0.25) is 0 Å². The van der Waals surface area contributed by atoms with Gasteiger partial charge < -0.3 is 15.6 Å². The molecule has 0 aliphatic heterocycles. The van der Waals surface area contributed by atoms with Crippen LogP contribution in [-0.2, 0) is 0 Å². The van der Waals surface area contributed by atoms with Gasteiger partial charge in [0.25, 0.3) is 11.8 Å². The number of nitrogens with one attached hydrogen (secondary N) is 3. The number of hydrogen-bond donors (Lipinski definition) is 3. The van der Waals surface area contributed by atoms with Crippen LogP contribution in [0.25, 0.3) is 22.6 Å². The van der Waals surface area contributed by atoms with E-state index in [1.54, 1.807) is 55.0 Å². The van der Waals surface area contributed by atoms with Gasteiger partial charge in [-0.3, -0.25) is 19.6 Å². The zero-order valence-electron chi connectivity index (χ0n) is 18.5. The molecule has 2 aromatic carbocycles. The summed E-state index contributed by atoms with van der Waals surface area (Å²) in [5.41, 5.74) is 4.58. The second kappa shape index (κ2) is 9.80. The highest BCUT2D eigenvalue weighted by atomic mass is 16.2. The van der Waals surface area contributed by atoms with Crippen LogP contribution >= 0.6 is 0 Å². The van der Waals surface area contributed by atoms with Crippen molar-refractivity contribution in [2.75, 3.05) is 10.6 Å². The average Bonchev–Trinajstić information content (AvgIpc) is 3.41. The van der Waals surface area contributed by atoms with E-state index in [0.29, 0.717) is 28.6 Å². The monoisotopic (exact) mass is 460 g/mol. The fourth-order valence-electron chi connectivity index (χ4n) is 3.48. The number of carbonyl (C=O) groups is 2. The topological polar surface area (TPSA) is 113 Å². The summed E-state index contributed by atoms with van der Waals surface area (Å²) >= 11 is 0. The second-order valence-corrected chi connectivity index (χ2v) is 7.64. The van der Waals surface area contributed by atoms with Crippen molar-refractivity contribution in [3.05, 3.63) is 115 Å². The number of nitrogens with zero attached hydrogens (tertiary/aromatic N) is 3. The standard InChI is InChI=1S/C27H20N6O2/c34-26(22-8-1-3-14-28-22)31-20-12-10-18(11-13-20)24-17-30-25(33-24)19-6-5-7-21(16-19)32-27(35)23-9-2-4-15-29-23/h1-17H,(H,30,33)(H,31,34)(H,32,35). The molecular formula is C27H20N6O2. The van der Waals surface area contributed by atoms with E-state index in [2.05, 4.69) is 30.6 Å². The number of rotatable bonds is 6. The first-order valence-electron chi connectivity index (χ1n) is 10.9. The fourth-order valence-corrected chi connectivity index (χ4v) is 3.48. The van der Waals surface area contributed by atoms with Crippen molar-refractivity contribution in [3.8, 4) is 22.6 Å². The Balaban J connectivity index is 1.28. The predicted octanol–water partition coefficient (Wildman–Crippen LogP) is 5.04. The van der Waals surface area contributed by atoms with Gasteiger partial charge in [0, 0.05) is 29.3 Å². The first-order chi connectivity index (χ1) is 17.2. The van der Waals surface area contributed by atoms with Gasteiger partial charge in [0.1, 0.15) is 17.2 Å². The molecule has 0 fully saturated rings. The molecule has 0 spiro atoms. The first kappa shape index (κ1) is 21.7. The number of pyridine rings is 2. The number of carbonyl (C=O) groups excluding carboxylic acids is 2. The van der Waals surface area contributed by atoms with E-state index in [0.717, 1.165) is 16.8 Å². The van der Waals surface area contributed by atoms with Crippen molar-refractivity contribution in [2.24, 2.45) is 0 Å². The molecule has 8 nitrogen and oxygen atoms in total. The Labute approximate surface area is 201 Å². The minimum atomic E-state index is -0.280. The predicted molar refractivity (Wildman–Crippen MR) is 134 cm³/mol. The SMILES string of the molecule is O=C(Nc1ccc(-c2cnc(-c3cccc(NC(=O)c4ccccn4)c3)[nH]2)cc1)c1ccccn1. The highest BCUT2D eigenvalue weighted by Gasteiger charge is 2.11. The van der Waals surface area contributed by atoms with E-state index in [1.165, 1.54) is 0 Å². The summed E-state index contributed by atoms with van der Waals surface area (Å²) in [7, 11) is 0. The van der Waals surface area contributed by atoms with Crippen LogP contribution in [-0.4, -0.2) is 31.8 Å². The molecule has 2 amide bonds. The first-order valence-corrected chi connectivity index (χ1v) is 10.9. The quantitative estimate of drug-likeness (QED) is 0.329. The van der Waals surface area contributed by atoms with Crippen molar-refractivity contribution in [1.82, 2.24) is 19.9 Å². The summed E-state index contributed by atoms with van der Waals surface area (Å²) in [6.07, 6.45) is 4.91. The van der Waals surface area contributed by atoms with Crippen LogP contribution in [0.3, 0.4) is 0 Å². The van der Waals surface area contributed by atoms with Crippen LogP contribution in [0.15, 0.2) is 104 Å². The van der Waals surface area contributed by atoms with Gasteiger partial charge in [-0.15, -0.1) is 0 Å². The Hall–Kier alpha value is -5.11. The van der Waals surface area contributed by atoms with Crippen LogP contribution in [0, 0.1) is 0 Å². The molecule has 0 aliphatic carbocycles. The lowest BCUT2D eigenvalue weighted by Gasteiger charge is -2.06. The van der Waals surface area contributed by atoms with Crippen LogP contribution in [0.4, 0.5) is 11.4 Å². The molecule has 8 heteroatoms. The molecule has 5 rings (SSSR count). The van der Waals surface area contributed by atoms with Gasteiger partial charge in [-0.2, -0.15) is 0 Å². The van der Waals surface area contributed by atoms with E-state index < -0.39 is 0 Å². The van der Waals surface area contributed by atoms with Crippen LogP contribution in [0.2, 0.25) is 0 Å². The normalized spacial score (nSPS) is 10.5. The largest absolute Gasteiger partial charge is 0.338 e. The smallest absolute Gasteiger partial charge is 0.274 e. The zero-order chi connectivity index (χ0) is 24.0. The molecule has 3 aromatic heterocycles. The Morgan fingerprint density at radius 1 is 0.629 bits per heavy atom. The van der Waals surface area contributed by atoms with Crippen LogP contribution in [0.5, 0.6) is 0 Å². The molecule has 0 aliphatic rings. The van der Waals surface area contributed by atoms with Crippen LogP contribution in [0.1, 0.15) is 21.0 Å². The van der Waals surface area contributed by atoms with E-state index in [9.17, 15) is 9.59 Å². The Kier molecular flexibility index (Phi) is 6.08. The van der Waals surface area contributed by atoms with Gasteiger partial charge in [-0.05, 0) is 54.1 Å². The van der Waals surface area contributed by atoms with Gasteiger partial charge >= 0.3 is 0 Å². The van der Waals surface area contributed by atoms with E-state index >= 15 is 0 Å². The number of aromatic amines is 1. The lowest BCUT2D eigenvalue weighted by atomic mass is 10.1. The fraction of sp³-hybridized carbons (Fsp3) is 0. The lowest BCUT2D eigenvalue weighted by Crippen LogP contribution is -2.13. The summed E-state index contributed by atoms with van der Waals surface area (Å²) < 4.78 is 0. The average molecular weight is 460 g/mol. The number of amides is 2. The maximum Gasteiger partial charge on any atom is 0.274 e. The van der Waals surface area contributed by atoms with Crippen molar-refractivity contribution in [3.63, 3.8) is 0 Å². The molecule has 3 heterocycles. The summed E-state index contributed by atoms with van der Waals surface area (Å²) in [4.78, 5) is 40.6. The Bertz CT molecular complexity index is 1460. The number of anilines is 2.